The standard InChI is InChI=1S/C38H41Cl2N7O5/c1-50-36-21(17-41-18-22-10-15-32(48)43-22)9-13-29(46-36)28-8-4-7-27(34(28)39)24-5-3-6-26-25(24)12-14-31(26)52-38-35(40)45-30(37(47-38)51-2)20-42-19-23-11-16-33(49)44-23/h3-9,13,22-23,31,41-42H,10-12,14-20H2,1-2H3,(H,43,48)(H,44,49)/t22-,23-,31-/m0/s1. The third-order valence-electron chi connectivity index (χ3n) is 9.78. The second kappa shape index (κ2) is 16.0. The van der Waals surface area contributed by atoms with Crippen LogP contribution in [0.5, 0.6) is 17.6 Å². The van der Waals surface area contributed by atoms with Gasteiger partial charge in [0.15, 0.2) is 5.15 Å². The molecular weight excluding hydrogens is 705 g/mol. The zero-order chi connectivity index (χ0) is 36.2. The van der Waals surface area contributed by atoms with Gasteiger partial charge >= 0.3 is 0 Å². The average Bonchev–Trinajstić information content (AvgIpc) is 3.89. The van der Waals surface area contributed by atoms with Crippen molar-refractivity contribution in [2.75, 3.05) is 27.3 Å². The normalized spacial score (nSPS) is 19.3. The summed E-state index contributed by atoms with van der Waals surface area (Å²) in [5, 5.41) is 13.4. The minimum atomic E-state index is -0.291. The van der Waals surface area contributed by atoms with Crippen LogP contribution in [-0.2, 0) is 29.1 Å². The number of carbonyl (C=O) groups excluding carboxylic acids is 2. The molecule has 4 N–H and O–H groups in total. The van der Waals surface area contributed by atoms with Crippen LogP contribution in [0.15, 0.2) is 48.5 Å². The van der Waals surface area contributed by atoms with Crippen molar-refractivity contribution in [3.8, 4) is 40.0 Å². The smallest absolute Gasteiger partial charge is 0.256 e. The Morgan fingerprint density at radius 3 is 2.10 bits per heavy atom. The van der Waals surface area contributed by atoms with Gasteiger partial charge in [-0.2, -0.15) is 4.98 Å². The summed E-state index contributed by atoms with van der Waals surface area (Å²) >= 11 is 13.8. The Kier molecular flexibility index (Phi) is 11.1. The molecule has 12 nitrogen and oxygen atoms in total. The number of nitrogens with zero attached hydrogens (tertiary/aromatic N) is 3. The van der Waals surface area contributed by atoms with Gasteiger partial charge in [-0.1, -0.05) is 65.7 Å². The maximum atomic E-state index is 11.5. The Morgan fingerprint density at radius 1 is 0.731 bits per heavy atom. The molecule has 3 aliphatic rings. The van der Waals surface area contributed by atoms with Gasteiger partial charge in [0.1, 0.15) is 11.8 Å². The van der Waals surface area contributed by atoms with E-state index in [0.717, 1.165) is 59.1 Å². The van der Waals surface area contributed by atoms with Gasteiger partial charge in [0, 0.05) is 67.8 Å². The molecule has 4 heterocycles. The molecule has 2 amide bonds. The predicted molar refractivity (Wildman–Crippen MR) is 198 cm³/mol. The lowest BCUT2D eigenvalue weighted by molar-refractivity contribution is -0.120. The lowest BCUT2D eigenvalue weighted by atomic mass is 9.94. The van der Waals surface area contributed by atoms with Gasteiger partial charge in [0.25, 0.3) is 5.88 Å². The van der Waals surface area contributed by atoms with Gasteiger partial charge in [-0.3, -0.25) is 9.59 Å². The SMILES string of the molecule is COc1nc(-c2cccc(-c3cccc4c3CC[C@@H]4Oc3nc(OC)c(CNC[C@@H]4CCC(=O)N4)nc3Cl)c2Cl)ccc1CNC[C@@H]1CCC(=O)N1. The van der Waals surface area contributed by atoms with E-state index in [1.165, 1.54) is 7.11 Å². The molecule has 4 aromatic rings. The number of ether oxygens (including phenoxy) is 3. The summed E-state index contributed by atoms with van der Waals surface area (Å²) in [6, 6.07) is 16.3. The zero-order valence-corrected chi connectivity index (χ0v) is 30.6. The second-order valence-corrected chi connectivity index (χ2v) is 13.9. The number of pyridine rings is 1. The fraction of sp³-hybridized carbons (Fsp3) is 0.395. The van der Waals surface area contributed by atoms with Crippen LogP contribution in [0, 0.1) is 0 Å². The van der Waals surface area contributed by atoms with Crippen molar-refractivity contribution >= 4 is 35.0 Å². The summed E-state index contributed by atoms with van der Waals surface area (Å²) in [5.41, 5.74) is 7.08. The minimum Gasteiger partial charge on any atom is -0.481 e. The van der Waals surface area contributed by atoms with Crippen LogP contribution >= 0.6 is 23.2 Å². The summed E-state index contributed by atoms with van der Waals surface area (Å²) < 4.78 is 17.6. The van der Waals surface area contributed by atoms with Crippen LogP contribution in [0.4, 0.5) is 0 Å². The number of hydrogen-bond donors (Lipinski definition) is 4. The number of aromatic nitrogens is 3. The first-order chi connectivity index (χ1) is 25.3. The number of fused-ring (bicyclic) bond motifs is 1. The van der Waals surface area contributed by atoms with Gasteiger partial charge in [0.05, 0.1) is 24.9 Å². The van der Waals surface area contributed by atoms with Crippen molar-refractivity contribution in [2.24, 2.45) is 0 Å². The summed E-state index contributed by atoms with van der Waals surface area (Å²) in [7, 11) is 3.15. The molecular formula is C38H41Cl2N7O5. The summed E-state index contributed by atoms with van der Waals surface area (Å²) in [6.07, 6.45) is 3.96. The molecule has 3 atom stereocenters. The number of halogens is 2. The molecule has 2 fully saturated rings. The highest BCUT2D eigenvalue weighted by atomic mass is 35.5. The van der Waals surface area contributed by atoms with Gasteiger partial charge < -0.3 is 35.5 Å². The van der Waals surface area contributed by atoms with Crippen LogP contribution in [0.2, 0.25) is 10.2 Å². The molecule has 7 rings (SSSR count). The van der Waals surface area contributed by atoms with E-state index in [0.29, 0.717) is 67.2 Å². The number of amides is 2. The Labute approximate surface area is 312 Å². The minimum absolute atomic E-state index is 0.0733. The maximum Gasteiger partial charge on any atom is 0.256 e. The number of hydrogen-bond acceptors (Lipinski definition) is 10. The Balaban J connectivity index is 1.06. The van der Waals surface area contributed by atoms with Crippen molar-refractivity contribution < 1.29 is 23.8 Å². The number of carbonyl (C=O) groups is 2. The van der Waals surface area contributed by atoms with Crippen molar-refractivity contribution in [1.82, 2.24) is 36.2 Å². The second-order valence-electron chi connectivity index (χ2n) is 13.2. The van der Waals surface area contributed by atoms with Crippen molar-refractivity contribution in [3.05, 3.63) is 81.1 Å². The van der Waals surface area contributed by atoms with E-state index in [1.807, 2.05) is 36.4 Å². The molecule has 52 heavy (non-hydrogen) atoms. The largest absolute Gasteiger partial charge is 0.481 e. The maximum absolute atomic E-state index is 11.5. The van der Waals surface area contributed by atoms with Crippen LogP contribution in [0.25, 0.3) is 22.4 Å². The van der Waals surface area contributed by atoms with Gasteiger partial charge in [-0.25, -0.2) is 9.97 Å². The third kappa shape index (κ3) is 7.80. The first-order valence-electron chi connectivity index (χ1n) is 17.5. The number of rotatable bonds is 14. The molecule has 0 spiro atoms. The van der Waals surface area contributed by atoms with E-state index in [1.54, 1.807) is 7.11 Å². The first kappa shape index (κ1) is 35.9. The molecule has 0 saturated carbocycles. The quantitative estimate of drug-likeness (QED) is 0.134. The molecule has 2 aromatic carbocycles. The number of benzene rings is 2. The van der Waals surface area contributed by atoms with Crippen LogP contribution in [0.1, 0.15) is 60.6 Å². The molecule has 2 aromatic heterocycles. The lowest BCUT2D eigenvalue weighted by Gasteiger charge is -2.18. The molecule has 0 bridgehead atoms. The van der Waals surface area contributed by atoms with Crippen LogP contribution < -0.4 is 35.5 Å². The van der Waals surface area contributed by atoms with E-state index < -0.39 is 0 Å². The highest BCUT2D eigenvalue weighted by molar-refractivity contribution is 6.36. The molecule has 2 saturated heterocycles. The topological polar surface area (TPSA) is 149 Å². The van der Waals surface area contributed by atoms with E-state index in [-0.39, 0.29) is 41.0 Å². The van der Waals surface area contributed by atoms with E-state index in [2.05, 4.69) is 43.4 Å². The van der Waals surface area contributed by atoms with Crippen molar-refractivity contribution in [1.29, 1.82) is 0 Å². The van der Waals surface area contributed by atoms with Crippen LogP contribution in [-0.4, -0.2) is 66.2 Å². The Hall–Kier alpha value is -4.49. The van der Waals surface area contributed by atoms with E-state index in [9.17, 15) is 9.59 Å². The summed E-state index contributed by atoms with van der Waals surface area (Å²) in [4.78, 5) is 37.0. The summed E-state index contributed by atoms with van der Waals surface area (Å²) in [6.45, 7) is 2.23. The fourth-order valence-corrected chi connectivity index (χ4v) is 7.68. The van der Waals surface area contributed by atoms with E-state index >= 15 is 0 Å². The van der Waals surface area contributed by atoms with Gasteiger partial charge in [-0.15, -0.1) is 0 Å². The average molecular weight is 747 g/mol. The fourth-order valence-electron chi connectivity index (χ4n) is 7.17. The predicted octanol–water partition coefficient (Wildman–Crippen LogP) is 5.33. The molecule has 2 aliphatic heterocycles. The van der Waals surface area contributed by atoms with Crippen molar-refractivity contribution in [2.45, 2.75) is 69.8 Å². The highest BCUT2D eigenvalue weighted by Gasteiger charge is 2.30. The monoisotopic (exact) mass is 745 g/mol. The molecule has 0 unspecified atom stereocenters. The zero-order valence-electron chi connectivity index (χ0n) is 29.1. The first-order valence-corrected chi connectivity index (χ1v) is 18.3. The van der Waals surface area contributed by atoms with E-state index in [4.69, 9.17) is 42.4 Å². The Bertz CT molecular complexity index is 1980. The van der Waals surface area contributed by atoms with Crippen molar-refractivity contribution in [3.63, 3.8) is 0 Å². The van der Waals surface area contributed by atoms with Gasteiger partial charge in [0.2, 0.25) is 23.6 Å². The Morgan fingerprint density at radius 2 is 1.40 bits per heavy atom. The third-order valence-corrected chi connectivity index (χ3v) is 10.4. The molecule has 1 aliphatic carbocycles. The number of methoxy groups -OCH3 is 2. The number of nitrogens with one attached hydrogen (secondary N) is 4. The molecule has 0 radical (unpaired) electrons. The lowest BCUT2D eigenvalue weighted by Crippen LogP contribution is -2.35. The molecule has 14 heteroatoms. The molecule has 272 valence electrons. The summed E-state index contributed by atoms with van der Waals surface area (Å²) in [5.74, 6) is 1.22. The van der Waals surface area contributed by atoms with Crippen LogP contribution in [0.3, 0.4) is 0 Å². The van der Waals surface area contributed by atoms with Gasteiger partial charge in [-0.05, 0) is 48.4 Å². The highest BCUT2D eigenvalue weighted by Crippen LogP contribution is 2.44.